The summed E-state index contributed by atoms with van der Waals surface area (Å²) in [6.07, 6.45) is 0. The van der Waals surface area contributed by atoms with Crippen LogP contribution in [0.5, 0.6) is 0 Å². The molecule has 0 fully saturated rings. The number of para-hydroxylation sites is 1. The third-order valence-corrected chi connectivity index (χ3v) is 4.24. The summed E-state index contributed by atoms with van der Waals surface area (Å²) in [4.78, 5) is 24.7. The van der Waals surface area contributed by atoms with Crippen LogP contribution in [0.2, 0.25) is 0 Å². The zero-order chi connectivity index (χ0) is 19.0. The Bertz CT molecular complexity index is 1210. The predicted molar refractivity (Wildman–Crippen MR) is 99.1 cm³/mol. The maximum atomic E-state index is 12.6. The van der Waals surface area contributed by atoms with Crippen LogP contribution in [0.4, 0.5) is 5.95 Å². The van der Waals surface area contributed by atoms with Crippen molar-refractivity contribution < 1.29 is 9.21 Å². The summed E-state index contributed by atoms with van der Waals surface area (Å²) >= 11 is 0. The molecule has 2 aromatic heterocycles. The lowest BCUT2D eigenvalue weighted by Crippen LogP contribution is -2.18. The molecule has 0 aliphatic rings. The Kier molecular flexibility index (Phi) is 4.00. The summed E-state index contributed by atoms with van der Waals surface area (Å²) in [6.45, 7) is 3.86. The molecule has 1 amide bonds. The van der Waals surface area contributed by atoms with E-state index >= 15 is 0 Å². The van der Waals surface area contributed by atoms with E-state index in [1.54, 1.807) is 24.3 Å². The third kappa shape index (κ3) is 2.97. The van der Waals surface area contributed by atoms with Crippen LogP contribution in [-0.2, 0) is 0 Å². The van der Waals surface area contributed by atoms with Crippen molar-refractivity contribution >= 4 is 22.6 Å². The Hall–Kier alpha value is -3.81. The van der Waals surface area contributed by atoms with Gasteiger partial charge in [0.1, 0.15) is 0 Å². The van der Waals surface area contributed by atoms with Crippen LogP contribution >= 0.6 is 0 Å². The number of nitrogens with zero attached hydrogens (tertiary/aromatic N) is 4. The van der Waals surface area contributed by atoms with Crippen molar-refractivity contribution in [2.24, 2.45) is 0 Å². The second-order valence-electron chi connectivity index (χ2n) is 6.09. The van der Waals surface area contributed by atoms with Crippen LogP contribution in [0.1, 0.15) is 21.7 Å². The Balaban J connectivity index is 1.71. The van der Waals surface area contributed by atoms with Crippen molar-refractivity contribution in [1.29, 1.82) is 0 Å². The van der Waals surface area contributed by atoms with Crippen molar-refractivity contribution in [3.63, 3.8) is 0 Å². The number of benzene rings is 2. The van der Waals surface area contributed by atoms with Gasteiger partial charge in [-0.05, 0) is 52.9 Å². The van der Waals surface area contributed by atoms with Crippen LogP contribution in [0, 0.1) is 13.8 Å². The van der Waals surface area contributed by atoms with Gasteiger partial charge in [0, 0.05) is 0 Å². The first-order valence-electron chi connectivity index (χ1n) is 8.24. The lowest BCUT2D eigenvalue weighted by Gasteiger charge is -2.11. The average Bonchev–Trinajstić information content (AvgIpc) is 3.09. The fraction of sp³-hybridized carbons (Fsp3) is 0.105. The number of tetrazole rings is 1. The lowest BCUT2D eigenvalue weighted by atomic mass is 10.1. The van der Waals surface area contributed by atoms with Crippen LogP contribution in [0.15, 0.2) is 57.7 Å². The van der Waals surface area contributed by atoms with Gasteiger partial charge < -0.3 is 4.42 Å². The average molecular weight is 361 g/mol. The number of fused-ring (bicyclic) bond motifs is 1. The fourth-order valence-corrected chi connectivity index (χ4v) is 2.96. The number of amides is 1. The summed E-state index contributed by atoms with van der Waals surface area (Å²) in [5, 5.41) is 15.1. The zero-order valence-corrected chi connectivity index (χ0v) is 14.6. The van der Waals surface area contributed by atoms with Crippen LogP contribution in [-0.4, -0.2) is 26.1 Å². The molecule has 4 rings (SSSR count). The van der Waals surface area contributed by atoms with Gasteiger partial charge in [-0.2, -0.15) is 4.68 Å². The van der Waals surface area contributed by atoms with Gasteiger partial charge >= 0.3 is 5.63 Å². The van der Waals surface area contributed by atoms with E-state index in [2.05, 4.69) is 20.8 Å². The quantitative estimate of drug-likeness (QED) is 0.602. The van der Waals surface area contributed by atoms with Gasteiger partial charge in [-0.15, -0.1) is 0 Å². The Labute approximate surface area is 153 Å². The highest BCUT2D eigenvalue weighted by Crippen LogP contribution is 2.21. The number of anilines is 1. The molecule has 134 valence electrons. The van der Waals surface area contributed by atoms with E-state index in [9.17, 15) is 9.59 Å². The molecule has 0 spiro atoms. The van der Waals surface area contributed by atoms with Crippen LogP contribution < -0.4 is 10.9 Å². The van der Waals surface area contributed by atoms with E-state index in [0.717, 1.165) is 16.8 Å². The lowest BCUT2D eigenvalue weighted by molar-refractivity contribution is 0.0992. The highest BCUT2D eigenvalue weighted by Gasteiger charge is 2.18. The molecule has 8 heteroatoms. The van der Waals surface area contributed by atoms with Crippen molar-refractivity contribution in [2.75, 3.05) is 5.32 Å². The monoisotopic (exact) mass is 361 g/mol. The largest absolute Gasteiger partial charge is 0.417 e. The molecule has 0 saturated carbocycles. The normalized spacial score (nSPS) is 10.9. The molecule has 27 heavy (non-hydrogen) atoms. The van der Waals surface area contributed by atoms with E-state index in [0.29, 0.717) is 10.8 Å². The molecule has 2 heterocycles. The minimum Gasteiger partial charge on any atom is -0.417 e. The summed E-state index contributed by atoms with van der Waals surface area (Å²) in [5.74, 6) is -0.594. The van der Waals surface area contributed by atoms with Crippen molar-refractivity contribution in [3.05, 3.63) is 75.8 Å². The molecule has 4 aromatic rings. The Morgan fingerprint density at radius 2 is 1.81 bits per heavy atom. The van der Waals surface area contributed by atoms with Gasteiger partial charge in [0.2, 0.25) is 0 Å². The smallest absolute Gasteiger partial charge is 0.344 e. The van der Waals surface area contributed by atoms with E-state index in [-0.39, 0.29) is 11.7 Å². The number of carbonyl (C=O) groups is 1. The van der Waals surface area contributed by atoms with E-state index in [1.165, 1.54) is 10.7 Å². The number of hydrogen-bond acceptors (Lipinski definition) is 6. The van der Waals surface area contributed by atoms with Crippen LogP contribution in [0.3, 0.4) is 0 Å². The summed E-state index contributed by atoms with van der Waals surface area (Å²) < 4.78 is 6.59. The summed E-state index contributed by atoms with van der Waals surface area (Å²) in [5.41, 5.74) is 2.11. The van der Waals surface area contributed by atoms with E-state index in [4.69, 9.17) is 4.42 Å². The second kappa shape index (κ2) is 6.49. The summed E-state index contributed by atoms with van der Waals surface area (Å²) in [7, 11) is 0. The first kappa shape index (κ1) is 16.6. The molecule has 0 atom stereocenters. The van der Waals surface area contributed by atoms with Gasteiger partial charge in [-0.25, -0.2) is 4.79 Å². The topological polar surface area (TPSA) is 103 Å². The van der Waals surface area contributed by atoms with Gasteiger partial charge in [0.05, 0.1) is 11.1 Å². The second-order valence-corrected chi connectivity index (χ2v) is 6.09. The minimum absolute atomic E-state index is 0.116. The molecular formula is C19H15N5O3. The highest BCUT2D eigenvalue weighted by atomic mass is 16.4. The van der Waals surface area contributed by atoms with Crippen LogP contribution in [0.25, 0.3) is 16.5 Å². The predicted octanol–water partition coefficient (Wildman–Crippen LogP) is 2.64. The van der Waals surface area contributed by atoms with Crippen molar-refractivity contribution in [1.82, 2.24) is 20.2 Å². The molecule has 0 saturated heterocycles. The molecule has 0 radical (unpaired) electrons. The molecule has 2 aromatic carbocycles. The fourth-order valence-electron chi connectivity index (χ4n) is 2.96. The van der Waals surface area contributed by atoms with Gasteiger partial charge in [0.25, 0.3) is 11.9 Å². The van der Waals surface area contributed by atoms with E-state index in [1.807, 2.05) is 32.0 Å². The number of hydrogen-bond donors (Lipinski definition) is 1. The van der Waals surface area contributed by atoms with Crippen molar-refractivity contribution in [2.45, 2.75) is 13.8 Å². The number of nitrogens with one attached hydrogen (secondary N) is 1. The number of aryl methyl sites for hydroxylation is 2. The number of rotatable bonds is 3. The maximum absolute atomic E-state index is 12.6. The first-order valence-corrected chi connectivity index (χ1v) is 8.24. The number of aromatic nitrogens is 4. The third-order valence-electron chi connectivity index (χ3n) is 4.24. The maximum Gasteiger partial charge on any atom is 0.344 e. The highest BCUT2D eigenvalue weighted by molar-refractivity contribution is 6.03. The van der Waals surface area contributed by atoms with Gasteiger partial charge in [-0.3, -0.25) is 10.1 Å². The minimum atomic E-state index is -0.611. The SMILES string of the molecule is Cc1cccc(C)c1-n1nnnc1NC(=O)c1cc2ccccc2c(=O)o1. The van der Waals surface area contributed by atoms with Gasteiger partial charge in [-0.1, -0.05) is 41.5 Å². The van der Waals surface area contributed by atoms with E-state index < -0.39 is 11.5 Å². The standard InChI is InChI=1S/C19H15N5O3/c1-11-6-5-7-12(2)16(11)24-19(21-22-23-24)20-17(25)15-10-13-8-3-4-9-14(13)18(26)27-15/h3-10H,1-2H3,(H,20,21,23,25). The van der Waals surface area contributed by atoms with Gasteiger partial charge in [0.15, 0.2) is 5.76 Å². The molecular weight excluding hydrogens is 346 g/mol. The molecule has 1 N–H and O–H groups in total. The summed E-state index contributed by atoms with van der Waals surface area (Å²) in [6, 6.07) is 14.2. The molecule has 0 aliphatic heterocycles. The molecule has 0 unspecified atom stereocenters. The van der Waals surface area contributed by atoms with Crippen molar-refractivity contribution in [3.8, 4) is 5.69 Å². The molecule has 8 nitrogen and oxygen atoms in total. The zero-order valence-electron chi connectivity index (χ0n) is 14.6. The molecule has 0 aliphatic carbocycles. The Morgan fingerprint density at radius 3 is 2.59 bits per heavy atom. The molecule has 0 bridgehead atoms. The number of carbonyl (C=O) groups excluding carboxylic acids is 1. The first-order chi connectivity index (χ1) is 13.0. The Morgan fingerprint density at radius 1 is 1.07 bits per heavy atom.